The van der Waals surface area contributed by atoms with Crippen LogP contribution in [0.3, 0.4) is 0 Å². The van der Waals surface area contributed by atoms with Crippen LogP contribution < -0.4 is 21.1 Å². The third kappa shape index (κ3) is 4.51. The summed E-state index contributed by atoms with van der Waals surface area (Å²) >= 11 is 6.74. The molecular weight excluding hydrogens is 394 g/mol. The van der Waals surface area contributed by atoms with Crippen molar-refractivity contribution in [2.45, 2.75) is 45.6 Å². The summed E-state index contributed by atoms with van der Waals surface area (Å²) in [6.07, 6.45) is 3.74. The Bertz CT molecular complexity index is 923. The van der Waals surface area contributed by atoms with Crippen molar-refractivity contribution in [3.63, 3.8) is 0 Å². The average Bonchev–Trinajstić information content (AvgIpc) is 3.21. The van der Waals surface area contributed by atoms with Crippen LogP contribution in [0.15, 0.2) is 24.3 Å². The molecule has 0 fully saturated rings. The number of anilines is 1. The van der Waals surface area contributed by atoms with Crippen LogP contribution in [0.5, 0.6) is 5.75 Å². The molecule has 1 heterocycles. The maximum atomic E-state index is 12.5. The first-order valence-corrected chi connectivity index (χ1v) is 10.4. The third-order valence-corrected chi connectivity index (χ3v) is 6.04. The average molecular weight is 418 g/mol. The van der Waals surface area contributed by atoms with Gasteiger partial charge in [-0.3, -0.25) is 14.9 Å². The lowest BCUT2D eigenvalue weighted by molar-refractivity contribution is 0.0974. The van der Waals surface area contributed by atoms with Gasteiger partial charge in [-0.1, -0.05) is 13.0 Å². The zero-order valence-corrected chi connectivity index (χ0v) is 17.5. The van der Waals surface area contributed by atoms with Crippen LogP contribution in [-0.2, 0) is 12.8 Å². The highest BCUT2D eigenvalue weighted by molar-refractivity contribution is 7.80. The highest BCUT2D eigenvalue weighted by Crippen LogP contribution is 2.38. The summed E-state index contributed by atoms with van der Waals surface area (Å²) in [7, 11) is 0. The minimum atomic E-state index is -0.481. The summed E-state index contributed by atoms with van der Waals surface area (Å²) in [4.78, 5) is 25.5. The Hall–Kier alpha value is -2.45. The van der Waals surface area contributed by atoms with E-state index in [1.807, 2.05) is 19.9 Å². The van der Waals surface area contributed by atoms with E-state index in [0.29, 0.717) is 21.9 Å². The fourth-order valence-corrected chi connectivity index (χ4v) is 4.65. The second-order valence-electron chi connectivity index (χ2n) is 6.70. The number of primary amides is 1. The van der Waals surface area contributed by atoms with Crippen molar-refractivity contribution in [3.8, 4) is 5.75 Å². The lowest BCUT2D eigenvalue weighted by Gasteiger charge is -2.14. The van der Waals surface area contributed by atoms with E-state index in [9.17, 15) is 9.59 Å². The number of ether oxygens (including phenoxy) is 1. The van der Waals surface area contributed by atoms with Crippen LogP contribution in [-0.4, -0.2) is 23.0 Å². The first-order valence-electron chi connectivity index (χ1n) is 9.22. The fraction of sp³-hybridized carbons (Fsp3) is 0.350. The number of carbonyl (C=O) groups excluding carboxylic acids is 2. The number of thiocarbonyl (C=S) groups is 1. The largest absolute Gasteiger partial charge is 0.491 e. The summed E-state index contributed by atoms with van der Waals surface area (Å²) in [5, 5.41) is 6.33. The normalized spacial score (nSPS) is 13.5. The number of nitrogens with one attached hydrogen (secondary N) is 2. The minimum Gasteiger partial charge on any atom is -0.491 e. The van der Waals surface area contributed by atoms with Gasteiger partial charge in [-0.15, -0.1) is 11.3 Å². The van der Waals surface area contributed by atoms with Gasteiger partial charge < -0.3 is 15.8 Å². The van der Waals surface area contributed by atoms with Gasteiger partial charge in [0.1, 0.15) is 10.8 Å². The van der Waals surface area contributed by atoms with Gasteiger partial charge in [0.25, 0.3) is 11.8 Å². The van der Waals surface area contributed by atoms with E-state index in [1.165, 1.54) is 11.3 Å². The van der Waals surface area contributed by atoms with Crippen molar-refractivity contribution in [1.29, 1.82) is 0 Å². The van der Waals surface area contributed by atoms with Gasteiger partial charge in [-0.2, -0.15) is 0 Å². The molecule has 0 bridgehead atoms. The number of hydrogen-bond donors (Lipinski definition) is 3. The fourth-order valence-electron chi connectivity index (χ4n) is 3.09. The van der Waals surface area contributed by atoms with Crippen LogP contribution in [0.4, 0.5) is 5.00 Å². The van der Waals surface area contributed by atoms with E-state index < -0.39 is 5.91 Å². The molecule has 2 amide bonds. The zero-order chi connectivity index (χ0) is 20.3. The summed E-state index contributed by atoms with van der Waals surface area (Å²) < 4.78 is 5.75. The standard InChI is InChI=1S/C20H23N3O3S2/c1-3-11(2)26-13-7-4-6-12(10-13)18(25)22-20(27)23-19-16(17(21)24)14-8-5-9-15(14)28-19/h4,6-7,10-11H,3,5,8-9H2,1-2H3,(H2,21,24)(H2,22,23,25,27)/t11-/m1/s1. The number of hydrogen-bond acceptors (Lipinski definition) is 5. The lowest BCUT2D eigenvalue weighted by atomic mass is 10.1. The molecule has 0 saturated heterocycles. The van der Waals surface area contributed by atoms with Crippen molar-refractivity contribution in [3.05, 3.63) is 45.8 Å². The molecule has 6 nitrogen and oxygen atoms in total. The summed E-state index contributed by atoms with van der Waals surface area (Å²) in [6, 6.07) is 6.94. The van der Waals surface area contributed by atoms with E-state index in [1.54, 1.807) is 18.2 Å². The van der Waals surface area contributed by atoms with Gasteiger partial charge in [-0.25, -0.2) is 0 Å². The number of benzene rings is 1. The SMILES string of the molecule is CC[C@@H](C)Oc1cccc(C(=O)NC(=S)Nc2sc3c(c2C(N)=O)CCC3)c1. The zero-order valence-electron chi connectivity index (χ0n) is 15.8. The first-order chi connectivity index (χ1) is 13.4. The van der Waals surface area contributed by atoms with Crippen LogP contribution in [0.1, 0.15) is 57.8 Å². The van der Waals surface area contributed by atoms with Crippen molar-refractivity contribution in [2.75, 3.05) is 5.32 Å². The Morgan fingerprint density at radius 3 is 2.86 bits per heavy atom. The molecule has 3 rings (SSSR count). The summed E-state index contributed by atoms with van der Waals surface area (Å²) in [6.45, 7) is 4.01. The van der Waals surface area contributed by atoms with Crippen LogP contribution in [0, 0.1) is 0 Å². The van der Waals surface area contributed by atoms with Gasteiger partial charge in [0.2, 0.25) is 0 Å². The van der Waals surface area contributed by atoms with E-state index >= 15 is 0 Å². The third-order valence-electron chi connectivity index (χ3n) is 4.63. The second kappa shape index (κ2) is 8.70. The molecule has 0 spiro atoms. The molecule has 1 aromatic heterocycles. The van der Waals surface area contributed by atoms with Crippen LogP contribution in [0.25, 0.3) is 0 Å². The van der Waals surface area contributed by atoms with Gasteiger partial charge in [0.05, 0.1) is 11.7 Å². The molecule has 1 aliphatic carbocycles. The highest BCUT2D eigenvalue weighted by atomic mass is 32.1. The molecule has 0 saturated carbocycles. The predicted octanol–water partition coefficient (Wildman–Crippen LogP) is 3.64. The van der Waals surface area contributed by atoms with Crippen molar-refractivity contribution < 1.29 is 14.3 Å². The van der Waals surface area contributed by atoms with Crippen molar-refractivity contribution in [2.24, 2.45) is 5.73 Å². The van der Waals surface area contributed by atoms with Gasteiger partial charge >= 0.3 is 0 Å². The van der Waals surface area contributed by atoms with Crippen LogP contribution >= 0.6 is 23.6 Å². The Labute approximate surface area is 173 Å². The monoisotopic (exact) mass is 417 g/mol. The minimum absolute atomic E-state index is 0.0639. The summed E-state index contributed by atoms with van der Waals surface area (Å²) in [5.41, 5.74) is 7.48. The number of aryl methyl sites for hydroxylation is 1. The molecular formula is C20H23N3O3S2. The Kier molecular flexibility index (Phi) is 6.31. The second-order valence-corrected chi connectivity index (χ2v) is 8.21. The van der Waals surface area contributed by atoms with E-state index in [4.69, 9.17) is 22.7 Å². The van der Waals surface area contributed by atoms with Crippen molar-refractivity contribution >= 4 is 45.5 Å². The number of amides is 2. The van der Waals surface area contributed by atoms with Gasteiger partial charge in [0, 0.05) is 10.4 Å². The predicted molar refractivity (Wildman–Crippen MR) is 115 cm³/mol. The Morgan fingerprint density at radius 1 is 1.36 bits per heavy atom. The molecule has 2 aromatic rings. The topological polar surface area (TPSA) is 93.4 Å². The molecule has 1 atom stereocenters. The molecule has 0 radical (unpaired) electrons. The van der Waals surface area contributed by atoms with Gasteiger partial charge in [-0.05, 0) is 68.6 Å². The molecule has 1 aliphatic rings. The van der Waals surface area contributed by atoms with Crippen LogP contribution in [0.2, 0.25) is 0 Å². The number of thiophene rings is 1. The number of nitrogens with two attached hydrogens (primary N) is 1. The van der Waals surface area contributed by atoms with Crippen molar-refractivity contribution in [1.82, 2.24) is 5.32 Å². The Morgan fingerprint density at radius 2 is 2.14 bits per heavy atom. The smallest absolute Gasteiger partial charge is 0.257 e. The van der Waals surface area contributed by atoms with E-state index in [2.05, 4.69) is 10.6 Å². The quantitative estimate of drug-likeness (QED) is 0.624. The molecule has 148 valence electrons. The number of carbonyl (C=O) groups is 2. The molecule has 0 aliphatic heterocycles. The summed E-state index contributed by atoms with van der Waals surface area (Å²) in [5.74, 6) is -0.200. The van der Waals surface area contributed by atoms with E-state index in [-0.39, 0.29) is 17.1 Å². The maximum absolute atomic E-state index is 12.5. The molecule has 4 N–H and O–H groups in total. The van der Waals surface area contributed by atoms with E-state index in [0.717, 1.165) is 36.1 Å². The first kappa shape index (κ1) is 20.3. The molecule has 1 aromatic carbocycles. The number of fused-ring (bicyclic) bond motifs is 1. The highest BCUT2D eigenvalue weighted by Gasteiger charge is 2.25. The molecule has 0 unspecified atom stereocenters. The lowest BCUT2D eigenvalue weighted by Crippen LogP contribution is -2.34. The molecule has 8 heteroatoms. The molecule has 28 heavy (non-hydrogen) atoms. The number of rotatable bonds is 6. The Balaban J connectivity index is 1.68. The van der Waals surface area contributed by atoms with Gasteiger partial charge in [0.15, 0.2) is 5.11 Å². The maximum Gasteiger partial charge on any atom is 0.257 e.